The number of halogens is 1. The number of Topliss-reactive ketones (excluding diaryl/α,β-unsaturated/α-hetero) is 1. The Morgan fingerprint density at radius 2 is 1.80 bits per heavy atom. The first-order chi connectivity index (χ1) is 14.1. The Hall–Kier alpha value is -3.13. The molecule has 1 aromatic heterocycles. The van der Waals surface area contributed by atoms with E-state index < -0.39 is 35.8 Å². The molecule has 1 saturated heterocycles. The minimum Gasteiger partial charge on any atom is -0.462 e. The van der Waals surface area contributed by atoms with Crippen LogP contribution in [0.5, 0.6) is 0 Å². The molecule has 8 nitrogen and oxygen atoms in total. The van der Waals surface area contributed by atoms with Crippen molar-refractivity contribution in [2.45, 2.75) is 33.2 Å². The van der Waals surface area contributed by atoms with Gasteiger partial charge in [0.25, 0.3) is 5.91 Å². The molecule has 0 radical (unpaired) electrons. The highest BCUT2D eigenvalue weighted by molar-refractivity contribution is 6.30. The number of ether oxygens (including phenoxy) is 1. The maximum Gasteiger partial charge on any atom is 0.340 e. The van der Waals surface area contributed by atoms with Gasteiger partial charge in [-0.25, -0.2) is 9.59 Å². The summed E-state index contributed by atoms with van der Waals surface area (Å²) in [5.41, 5.74) is 0.593. The molecule has 0 spiro atoms. The van der Waals surface area contributed by atoms with Crippen molar-refractivity contribution < 1.29 is 23.9 Å². The third-order valence-corrected chi connectivity index (χ3v) is 5.45. The van der Waals surface area contributed by atoms with Crippen LogP contribution in [0.3, 0.4) is 0 Å². The molecule has 2 heterocycles. The average molecular weight is 432 g/mol. The number of carbonyl (C=O) groups is 4. The summed E-state index contributed by atoms with van der Waals surface area (Å²) in [5.74, 6) is -1.57. The smallest absolute Gasteiger partial charge is 0.340 e. The van der Waals surface area contributed by atoms with Crippen LogP contribution in [0, 0.1) is 13.8 Å². The number of aromatic nitrogens is 1. The standard InChI is InChI=1S/C21H22ClN3O5/c1-5-30-18(27)16-11(2)17(23-12(16)3)15(26)10-25-19(28)21(4,24-20(25)29)13-6-8-14(22)9-7-13/h6-9,23H,5,10H2,1-4H3,(H,24,29)/t21-/m1/s1. The summed E-state index contributed by atoms with van der Waals surface area (Å²) in [7, 11) is 0. The van der Waals surface area contributed by atoms with Crippen molar-refractivity contribution in [1.82, 2.24) is 15.2 Å². The summed E-state index contributed by atoms with van der Waals surface area (Å²) in [5, 5.41) is 3.15. The number of nitrogens with zero attached hydrogens (tertiary/aromatic N) is 1. The molecule has 3 amide bonds. The lowest BCUT2D eigenvalue weighted by molar-refractivity contribution is -0.130. The van der Waals surface area contributed by atoms with E-state index in [1.165, 1.54) is 0 Å². The lowest BCUT2D eigenvalue weighted by atomic mass is 9.92. The SMILES string of the molecule is CCOC(=O)c1c(C)[nH]c(C(=O)CN2C(=O)N[C@](C)(c3ccc(Cl)cc3)C2=O)c1C. The van der Waals surface area contributed by atoms with Crippen molar-refractivity contribution in [2.24, 2.45) is 0 Å². The number of urea groups is 1. The lowest BCUT2D eigenvalue weighted by Crippen LogP contribution is -2.41. The number of ketones is 1. The summed E-state index contributed by atoms with van der Waals surface area (Å²) >= 11 is 5.90. The van der Waals surface area contributed by atoms with Crippen molar-refractivity contribution in [1.29, 1.82) is 0 Å². The molecule has 0 saturated carbocycles. The lowest BCUT2D eigenvalue weighted by Gasteiger charge is -2.22. The summed E-state index contributed by atoms with van der Waals surface area (Å²) in [6, 6.07) is 5.87. The van der Waals surface area contributed by atoms with Crippen molar-refractivity contribution in [3.05, 3.63) is 57.4 Å². The fourth-order valence-electron chi connectivity index (χ4n) is 3.58. The third-order valence-electron chi connectivity index (χ3n) is 5.19. The second-order valence-electron chi connectivity index (χ2n) is 7.22. The van der Waals surface area contributed by atoms with E-state index in [2.05, 4.69) is 10.3 Å². The number of esters is 1. The molecule has 0 unspecified atom stereocenters. The number of benzene rings is 1. The van der Waals surface area contributed by atoms with E-state index >= 15 is 0 Å². The van der Waals surface area contributed by atoms with Crippen LogP contribution in [0.1, 0.15) is 51.5 Å². The molecular weight excluding hydrogens is 410 g/mol. The number of carbonyl (C=O) groups excluding carboxylic acids is 4. The van der Waals surface area contributed by atoms with E-state index in [9.17, 15) is 19.2 Å². The van der Waals surface area contributed by atoms with E-state index in [-0.39, 0.29) is 17.9 Å². The first-order valence-corrected chi connectivity index (χ1v) is 9.77. The van der Waals surface area contributed by atoms with Gasteiger partial charge in [0.05, 0.1) is 24.4 Å². The van der Waals surface area contributed by atoms with E-state index in [1.54, 1.807) is 52.0 Å². The van der Waals surface area contributed by atoms with Crippen LogP contribution in [0.15, 0.2) is 24.3 Å². The van der Waals surface area contributed by atoms with Crippen LogP contribution in [-0.2, 0) is 15.1 Å². The number of H-pyrrole nitrogens is 1. The quantitative estimate of drug-likeness (QED) is 0.415. The van der Waals surface area contributed by atoms with Crippen LogP contribution >= 0.6 is 11.6 Å². The van der Waals surface area contributed by atoms with E-state index in [4.69, 9.17) is 16.3 Å². The van der Waals surface area contributed by atoms with Gasteiger partial charge in [0, 0.05) is 10.7 Å². The highest BCUT2D eigenvalue weighted by Gasteiger charge is 2.49. The van der Waals surface area contributed by atoms with Crippen LogP contribution in [0.25, 0.3) is 0 Å². The van der Waals surface area contributed by atoms with Crippen molar-refractivity contribution in [3.8, 4) is 0 Å². The molecule has 0 aliphatic carbocycles. The van der Waals surface area contributed by atoms with E-state index in [0.717, 1.165) is 4.90 Å². The molecule has 1 aliphatic heterocycles. The van der Waals surface area contributed by atoms with Crippen LogP contribution in [0.2, 0.25) is 5.02 Å². The maximum absolute atomic E-state index is 13.0. The highest BCUT2D eigenvalue weighted by Crippen LogP contribution is 2.30. The normalized spacial score (nSPS) is 18.5. The zero-order valence-corrected chi connectivity index (χ0v) is 17.8. The molecule has 1 fully saturated rings. The van der Waals surface area contributed by atoms with Gasteiger partial charge >= 0.3 is 12.0 Å². The Morgan fingerprint density at radius 1 is 1.17 bits per heavy atom. The van der Waals surface area contributed by atoms with Gasteiger partial charge in [-0.1, -0.05) is 23.7 Å². The number of hydrogen-bond acceptors (Lipinski definition) is 5. The second-order valence-corrected chi connectivity index (χ2v) is 7.66. The largest absolute Gasteiger partial charge is 0.462 e. The molecule has 1 aliphatic rings. The van der Waals surface area contributed by atoms with Crippen LogP contribution in [0.4, 0.5) is 4.79 Å². The number of amides is 3. The number of nitrogens with one attached hydrogen (secondary N) is 2. The number of rotatable bonds is 6. The monoisotopic (exact) mass is 431 g/mol. The molecule has 2 aromatic rings. The summed E-state index contributed by atoms with van der Waals surface area (Å²) in [6.45, 7) is 6.28. The molecule has 3 rings (SSSR count). The number of imide groups is 1. The maximum atomic E-state index is 13.0. The highest BCUT2D eigenvalue weighted by atomic mass is 35.5. The average Bonchev–Trinajstić information content (AvgIpc) is 3.10. The predicted octanol–water partition coefficient (Wildman–Crippen LogP) is 3.11. The number of aryl methyl sites for hydroxylation is 1. The fourth-order valence-corrected chi connectivity index (χ4v) is 3.71. The minimum atomic E-state index is -1.31. The van der Waals surface area contributed by atoms with Gasteiger partial charge in [-0.3, -0.25) is 14.5 Å². The van der Waals surface area contributed by atoms with Crippen molar-refractivity contribution >= 4 is 35.3 Å². The zero-order chi connectivity index (χ0) is 22.2. The molecule has 0 bridgehead atoms. The zero-order valence-electron chi connectivity index (χ0n) is 17.1. The first kappa shape index (κ1) is 21.6. The van der Waals surface area contributed by atoms with E-state index in [0.29, 0.717) is 21.8 Å². The summed E-state index contributed by atoms with van der Waals surface area (Å²) < 4.78 is 5.03. The van der Waals surface area contributed by atoms with Crippen LogP contribution in [-0.4, -0.2) is 46.7 Å². The van der Waals surface area contributed by atoms with Gasteiger partial charge < -0.3 is 15.0 Å². The number of hydrogen-bond donors (Lipinski definition) is 2. The topological polar surface area (TPSA) is 109 Å². The minimum absolute atomic E-state index is 0.163. The Bertz CT molecular complexity index is 1040. The Balaban J connectivity index is 1.85. The first-order valence-electron chi connectivity index (χ1n) is 9.39. The number of aromatic amines is 1. The third kappa shape index (κ3) is 3.59. The second kappa shape index (κ2) is 7.95. The molecule has 30 heavy (non-hydrogen) atoms. The summed E-state index contributed by atoms with van der Waals surface area (Å²) in [4.78, 5) is 54.3. The molecule has 158 valence electrons. The predicted molar refractivity (Wildman–Crippen MR) is 110 cm³/mol. The Labute approximate surface area is 178 Å². The Morgan fingerprint density at radius 3 is 2.40 bits per heavy atom. The van der Waals surface area contributed by atoms with Gasteiger partial charge in [-0.05, 0) is 51.0 Å². The van der Waals surface area contributed by atoms with E-state index in [1.807, 2.05) is 0 Å². The van der Waals surface area contributed by atoms with Crippen molar-refractivity contribution in [3.63, 3.8) is 0 Å². The van der Waals surface area contributed by atoms with Gasteiger partial charge in [0.15, 0.2) is 5.78 Å². The Kier molecular flexibility index (Phi) is 5.72. The molecular formula is C21H22ClN3O5. The summed E-state index contributed by atoms with van der Waals surface area (Å²) in [6.07, 6.45) is 0. The van der Waals surface area contributed by atoms with Gasteiger partial charge in [0.1, 0.15) is 5.54 Å². The van der Waals surface area contributed by atoms with Gasteiger partial charge in [-0.2, -0.15) is 0 Å². The molecule has 2 N–H and O–H groups in total. The molecule has 1 aromatic carbocycles. The van der Waals surface area contributed by atoms with Gasteiger partial charge in [-0.15, -0.1) is 0 Å². The molecule has 9 heteroatoms. The van der Waals surface area contributed by atoms with Crippen molar-refractivity contribution in [2.75, 3.05) is 13.2 Å². The van der Waals surface area contributed by atoms with Crippen LogP contribution < -0.4 is 5.32 Å². The van der Waals surface area contributed by atoms with Gasteiger partial charge in [0.2, 0.25) is 0 Å². The fraction of sp³-hybridized carbons (Fsp3) is 0.333. The molecule has 1 atom stereocenters.